The van der Waals surface area contributed by atoms with E-state index in [9.17, 15) is 0 Å². The number of anilines is 1. The first-order chi connectivity index (χ1) is 16.1. The molecule has 3 heterocycles. The van der Waals surface area contributed by atoms with Gasteiger partial charge in [0.05, 0.1) is 6.61 Å². The Morgan fingerprint density at radius 2 is 1.68 bits per heavy atom. The lowest BCUT2D eigenvalue weighted by atomic mass is 9.80. The van der Waals surface area contributed by atoms with Crippen LogP contribution < -0.4 is 20.1 Å². The third-order valence-electron chi connectivity index (χ3n) is 5.82. The van der Waals surface area contributed by atoms with Crippen LogP contribution in [0, 0.1) is 5.41 Å². The van der Waals surface area contributed by atoms with Gasteiger partial charge < -0.3 is 24.8 Å². The maximum Gasteiger partial charge on any atom is 0.283 e. The quantitative estimate of drug-likeness (QED) is 0.620. The highest BCUT2D eigenvalue weighted by molar-refractivity contribution is 5.78. The van der Waals surface area contributed by atoms with Gasteiger partial charge in [-0.25, -0.2) is 15.0 Å². The van der Waals surface area contributed by atoms with E-state index in [1.165, 1.54) is 0 Å². The van der Waals surface area contributed by atoms with Crippen LogP contribution in [0.15, 0.2) is 53.8 Å². The Kier molecular flexibility index (Phi) is 5.11. The van der Waals surface area contributed by atoms with Gasteiger partial charge in [0.15, 0.2) is 5.54 Å². The Morgan fingerprint density at radius 3 is 2.29 bits per heavy atom. The molecule has 1 atom stereocenters. The van der Waals surface area contributed by atoms with Crippen molar-refractivity contribution in [2.24, 2.45) is 16.1 Å². The van der Waals surface area contributed by atoms with E-state index in [1.54, 1.807) is 0 Å². The number of aromatic nitrogens is 2. The monoisotopic (exact) mass is 459 g/mol. The average molecular weight is 460 g/mol. The minimum Gasteiger partial charge on any atom is -0.493 e. The molecule has 1 aromatic heterocycles. The number of ether oxygens (including phenoxy) is 3. The molecule has 0 radical (unpaired) electrons. The van der Waals surface area contributed by atoms with Gasteiger partial charge in [0, 0.05) is 43.2 Å². The average Bonchev–Trinajstić information content (AvgIpc) is 3.20. The third-order valence-corrected chi connectivity index (χ3v) is 5.82. The Bertz CT molecular complexity index is 1260. The van der Waals surface area contributed by atoms with Crippen molar-refractivity contribution in [2.75, 3.05) is 32.2 Å². The summed E-state index contributed by atoms with van der Waals surface area (Å²) in [6.45, 7) is 7.28. The zero-order valence-electron chi connectivity index (χ0n) is 20.1. The first kappa shape index (κ1) is 22.0. The van der Waals surface area contributed by atoms with Crippen LogP contribution in [-0.2, 0) is 10.3 Å². The first-order valence-electron chi connectivity index (χ1n) is 11.2. The van der Waals surface area contributed by atoms with Gasteiger partial charge in [-0.2, -0.15) is 0 Å². The van der Waals surface area contributed by atoms with Crippen LogP contribution in [-0.4, -0.2) is 43.3 Å². The Morgan fingerprint density at radius 1 is 1.00 bits per heavy atom. The van der Waals surface area contributed by atoms with Gasteiger partial charge >= 0.3 is 0 Å². The molecule has 2 N–H and O–H groups in total. The molecule has 0 bridgehead atoms. The maximum absolute atomic E-state index is 6.28. The molecule has 0 saturated carbocycles. The molecular formula is C26H29N5O3. The molecule has 0 saturated heterocycles. The predicted molar refractivity (Wildman–Crippen MR) is 132 cm³/mol. The molecule has 0 amide bonds. The minimum atomic E-state index is -0.825. The number of nitrogens with zero attached hydrogens (tertiary/aromatic N) is 4. The minimum absolute atomic E-state index is 0.0366. The highest BCUT2D eigenvalue weighted by Crippen LogP contribution is 2.52. The van der Waals surface area contributed by atoms with E-state index in [0.29, 0.717) is 24.1 Å². The largest absolute Gasteiger partial charge is 0.493 e. The molecule has 2 aromatic carbocycles. The Hall–Kier alpha value is -3.81. The van der Waals surface area contributed by atoms with Crippen LogP contribution in [0.4, 0.5) is 5.95 Å². The molecule has 8 nitrogen and oxygen atoms in total. The summed E-state index contributed by atoms with van der Waals surface area (Å²) in [7, 11) is 3.82. The summed E-state index contributed by atoms with van der Waals surface area (Å²) >= 11 is 0. The highest BCUT2D eigenvalue weighted by Gasteiger charge is 2.47. The molecule has 1 spiro atoms. The van der Waals surface area contributed by atoms with Gasteiger partial charge in [-0.15, -0.1) is 0 Å². The number of nitrogens with two attached hydrogens (primary N) is 1. The molecule has 34 heavy (non-hydrogen) atoms. The van der Waals surface area contributed by atoms with E-state index < -0.39 is 5.54 Å². The number of aliphatic imine (C=N–C) groups is 1. The van der Waals surface area contributed by atoms with Gasteiger partial charge in [-0.1, -0.05) is 26.8 Å². The van der Waals surface area contributed by atoms with Crippen molar-refractivity contribution in [3.63, 3.8) is 0 Å². The van der Waals surface area contributed by atoms with Crippen LogP contribution in [0.1, 0.15) is 31.9 Å². The van der Waals surface area contributed by atoms with Gasteiger partial charge in [0.25, 0.3) is 6.02 Å². The van der Waals surface area contributed by atoms with Gasteiger partial charge in [-0.05, 0) is 41.3 Å². The van der Waals surface area contributed by atoms with Crippen molar-refractivity contribution in [1.82, 2.24) is 9.97 Å². The third kappa shape index (κ3) is 3.89. The lowest BCUT2D eigenvalue weighted by molar-refractivity contribution is 0.197. The summed E-state index contributed by atoms with van der Waals surface area (Å²) in [4.78, 5) is 15.5. The molecular weight excluding hydrogens is 430 g/mol. The zero-order valence-corrected chi connectivity index (χ0v) is 20.1. The summed E-state index contributed by atoms with van der Waals surface area (Å²) < 4.78 is 18.1. The number of fused-ring (bicyclic) bond motifs is 4. The summed E-state index contributed by atoms with van der Waals surface area (Å²) in [6.07, 6.45) is 3.63. The SMILES string of the molecule is CN(C)c1ncc(-c2ccc3c(c2)[C@]2(COC(N)=N2)c2cc(OCC(C)(C)C)ccc2O3)cn1. The van der Waals surface area contributed by atoms with Gasteiger partial charge in [0.1, 0.15) is 23.9 Å². The first-order valence-corrected chi connectivity index (χ1v) is 11.2. The maximum atomic E-state index is 6.28. The van der Waals surface area contributed by atoms with E-state index >= 15 is 0 Å². The van der Waals surface area contributed by atoms with Crippen LogP contribution in [0.25, 0.3) is 11.1 Å². The molecule has 176 valence electrons. The Labute approximate surface area is 199 Å². The zero-order chi connectivity index (χ0) is 24.1. The van der Waals surface area contributed by atoms with Crippen molar-refractivity contribution in [1.29, 1.82) is 0 Å². The number of amidine groups is 1. The van der Waals surface area contributed by atoms with Crippen LogP contribution in [0.5, 0.6) is 17.2 Å². The Balaban J connectivity index is 1.59. The second-order valence-corrected chi connectivity index (χ2v) is 10.1. The van der Waals surface area contributed by atoms with E-state index in [0.717, 1.165) is 28.0 Å². The van der Waals surface area contributed by atoms with Crippen molar-refractivity contribution in [2.45, 2.75) is 26.3 Å². The molecule has 8 heteroatoms. The van der Waals surface area contributed by atoms with E-state index in [-0.39, 0.29) is 18.0 Å². The summed E-state index contributed by atoms with van der Waals surface area (Å²) in [5, 5.41) is 0. The van der Waals surface area contributed by atoms with Gasteiger partial charge in [-0.3, -0.25) is 0 Å². The fraction of sp³-hybridized carbons (Fsp3) is 0.346. The topological polar surface area (TPSA) is 95.1 Å². The molecule has 0 fully saturated rings. The van der Waals surface area contributed by atoms with Crippen LogP contribution in [0.2, 0.25) is 0 Å². The van der Waals surface area contributed by atoms with Crippen molar-refractivity contribution < 1.29 is 14.2 Å². The highest BCUT2D eigenvalue weighted by atomic mass is 16.5. The molecule has 3 aromatic rings. The fourth-order valence-corrected chi connectivity index (χ4v) is 4.10. The van der Waals surface area contributed by atoms with Crippen molar-refractivity contribution >= 4 is 12.0 Å². The second-order valence-electron chi connectivity index (χ2n) is 10.1. The summed E-state index contributed by atoms with van der Waals surface area (Å²) in [6, 6.07) is 12.0. The predicted octanol–water partition coefficient (Wildman–Crippen LogP) is 4.33. The smallest absolute Gasteiger partial charge is 0.283 e. The standard InChI is InChI=1S/C26H29N5O3/c1-25(2,3)14-32-18-7-9-22-20(11-18)26(15-33-23(27)30-26)19-10-16(6-8-21(19)34-22)17-12-28-24(29-13-17)31(4)5/h6-13H,14-15H2,1-5H3,(H2,27,30)/t26-/m1/s1. The second kappa shape index (κ2) is 7.90. The lowest BCUT2D eigenvalue weighted by Gasteiger charge is -2.34. The summed E-state index contributed by atoms with van der Waals surface area (Å²) in [5.41, 5.74) is 8.84. The molecule has 2 aliphatic rings. The molecule has 0 aliphatic carbocycles. The molecule has 5 rings (SSSR count). The normalized spacial score (nSPS) is 18.4. The number of hydrogen-bond acceptors (Lipinski definition) is 8. The number of benzene rings is 2. The van der Waals surface area contributed by atoms with E-state index in [2.05, 4.69) is 36.8 Å². The van der Waals surface area contributed by atoms with Gasteiger partial charge in [0.2, 0.25) is 5.95 Å². The van der Waals surface area contributed by atoms with Crippen molar-refractivity contribution in [3.05, 3.63) is 59.9 Å². The lowest BCUT2D eigenvalue weighted by Crippen LogP contribution is -2.31. The van der Waals surface area contributed by atoms with E-state index in [4.69, 9.17) is 24.9 Å². The fourth-order valence-electron chi connectivity index (χ4n) is 4.10. The molecule has 0 unspecified atom stereocenters. The summed E-state index contributed by atoms with van der Waals surface area (Å²) in [5.74, 6) is 2.83. The van der Waals surface area contributed by atoms with Crippen LogP contribution >= 0.6 is 0 Å². The van der Waals surface area contributed by atoms with E-state index in [1.807, 2.05) is 61.7 Å². The number of hydrogen-bond donors (Lipinski definition) is 1. The number of rotatable bonds is 4. The molecule has 2 aliphatic heterocycles. The van der Waals surface area contributed by atoms with Crippen molar-refractivity contribution in [3.8, 4) is 28.4 Å². The van der Waals surface area contributed by atoms with Crippen LogP contribution in [0.3, 0.4) is 0 Å².